The van der Waals surface area contributed by atoms with Crippen molar-refractivity contribution >= 4 is 11.6 Å². The van der Waals surface area contributed by atoms with Gasteiger partial charge in [0.25, 0.3) is 0 Å². The number of nitrogens with zero attached hydrogens (tertiary/aromatic N) is 4. The molecule has 2 fully saturated rings. The Balaban J connectivity index is 1.22. The van der Waals surface area contributed by atoms with Crippen molar-refractivity contribution in [3.8, 4) is 0 Å². The molecule has 30 heavy (non-hydrogen) atoms. The third-order valence-corrected chi connectivity index (χ3v) is 6.42. The van der Waals surface area contributed by atoms with Crippen LogP contribution in [0.2, 0.25) is 0 Å². The summed E-state index contributed by atoms with van der Waals surface area (Å²) in [6, 6.07) is 17.8. The highest BCUT2D eigenvalue weighted by atomic mass is 19.1. The molecule has 0 saturated carbocycles. The molecule has 160 valence electrons. The predicted molar refractivity (Wildman–Crippen MR) is 118 cm³/mol. The number of anilines is 1. The minimum Gasteiger partial charge on any atom is -0.367 e. The molecule has 0 radical (unpaired) electrons. The normalized spacial score (nSPS) is 19.7. The number of para-hydroxylation sites is 1. The zero-order valence-corrected chi connectivity index (χ0v) is 17.7. The minimum atomic E-state index is -0.176. The summed E-state index contributed by atoms with van der Waals surface area (Å²) in [5.41, 5.74) is 1.98. The Labute approximate surface area is 178 Å². The molecular weight excluding hydrogens is 379 g/mol. The zero-order valence-electron chi connectivity index (χ0n) is 17.7. The van der Waals surface area contributed by atoms with Gasteiger partial charge in [-0.25, -0.2) is 4.39 Å². The van der Waals surface area contributed by atoms with Crippen LogP contribution in [0.1, 0.15) is 18.5 Å². The van der Waals surface area contributed by atoms with Crippen LogP contribution >= 0.6 is 0 Å². The average Bonchev–Trinajstić information content (AvgIpc) is 2.80. The maximum Gasteiger partial charge on any atom is 0.236 e. The summed E-state index contributed by atoms with van der Waals surface area (Å²) in [5, 5.41) is 0. The van der Waals surface area contributed by atoms with E-state index < -0.39 is 0 Å². The lowest BCUT2D eigenvalue weighted by molar-refractivity contribution is -0.134. The lowest BCUT2D eigenvalue weighted by atomic mass is 10.1. The highest BCUT2D eigenvalue weighted by Crippen LogP contribution is 2.22. The molecule has 2 aliphatic heterocycles. The van der Waals surface area contributed by atoms with E-state index in [0.717, 1.165) is 52.4 Å². The molecule has 2 aliphatic rings. The van der Waals surface area contributed by atoms with Crippen LogP contribution in [0, 0.1) is 5.82 Å². The molecule has 4 rings (SSSR count). The van der Waals surface area contributed by atoms with Gasteiger partial charge in [0.2, 0.25) is 5.91 Å². The van der Waals surface area contributed by atoms with E-state index in [1.165, 1.54) is 11.6 Å². The maximum atomic E-state index is 14.0. The van der Waals surface area contributed by atoms with Crippen LogP contribution in [0.15, 0.2) is 54.6 Å². The number of carbonyl (C=O) groups is 1. The van der Waals surface area contributed by atoms with E-state index >= 15 is 0 Å². The molecular formula is C24H31FN4O. The third kappa shape index (κ3) is 4.82. The van der Waals surface area contributed by atoms with E-state index in [9.17, 15) is 9.18 Å². The molecule has 2 heterocycles. The molecule has 2 saturated heterocycles. The van der Waals surface area contributed by atoms with E-state index in [0.29, 0.717) is 18.3 Å². The van der Waals surface area contributed by atoms with Crippen molar-refractivity contribution in [2.24, 2.45) is 0 Å². The second-order valence-corrected chi connectivity index (χ2v) is 8.22. The second kappa shape index (κ2) is 9.58. The Morgan fingerprint density at radius 2 is 1.50 bits per heavy atom. The highest BCUT2D eigenvalue weighted by molar-refractivity contribution is 5.78. The van der Waals surface area contributed by atoms with Gasteiger partial charge < -0.3 is 9.80 Å². The average molecular weight is 411 g/mol. The molecule has 0 aromatic heterocycles. The largest absolute Gasteiger partial charge is 0.367 e. The Kier molecular flexibility index (Phi) is 6.65. The van der Waals surface area contributed by atoms with E-state index in [1.54, 1.807) is 6.07 Å². The molecule has 2 aromatic rings. The molecule has 0 spiro atoms. The number of halogens is 1. The first-order valence-electron chi connectivity index (χ1n) is 10.9. The summed E-state index contributed by atoms with van der Waals surface area (Å²) in [6.07, 6.45) is 0. The lowest BCUT2D eigenvalue weighted by Gasteiger charge is -2.40. The first kappa shape index (κ1) is 20.8. The number of benzene rings is 2. The minimum absolute atomic E-state index is 0.176. The zero-order chi connectivity index (χ0) is 20.9. The second-order valence-electron chi connectivity index (χ2n) is 8.22. The van der Waals surface area contributed by atoms with Gasteiger partial charge in [0.1, 0.15) is 5.82 Å². The van der Waals surface area contributed by atoms with Crippen molar-refractivity contribution < 1.29 is 9.18 Å². The van der Waals surface area contributed by atoms with Crippen LogP contribution in [0.5, 0.6) is 0 Å². The number of rotatable bonds is 5. The van der Waals surface area contributed by atoms with Crippen molar-refractivity contribution in [3.05, 3.63) is 66.0 Å². The van der Waals surface area contributed by atoms with Crippen LogP contribution < -0.4 is 4.90 Å². The van der Waals surface area contributed by atoms with E-state index in [-0.39, 0.29) is 11.7 Å². The van der Waals surface area contributed by atoms with Crippen molar-refractivity contribution in [1.82, 2.24) is 14.7 Å². The van der Waals surface area contributed by atoms with Crippen LogP contribution in [-0.2, 0) is 4.79 Å². The molecule has 1 atom stereocenters. The van der Waals surface area contributed by atoms with E-state index in [4.69, 9.17) is 0 Å². The van der Waals surface area contributed by atoms with Gasteiger partial charge in [-0.1, -0.05) is 42.5 Å². The van der Waals surface area contributed by atoms with E-state index in [2.05, 4.69) is 45.9 Å². The summed E-state index contributed by atoms with van der Waals surface area (Å²) in [4.78, 5) is 21.5. The number of amides is 1. The third-order valence-electron chi connectivity index (χ3n) is 6.42. The van der Waals surface area contributed by atoms with Gasteiger partial charge in [0.15, 0.2) is 0 Å². The SMILES string of the molecule is C[C@H](c1ccccc1)N1CCN(C(=O)CN2CCN(c3ccccc3F)CC2)CC1. The summed E-state index contributed by atoms with van der Waals surface area (Å²) < 4.78 is 14.0. The standard InChI is InChI=1S/C24H31FN4O/c1-20(21-7-3-2-4-8-21)27-15-17-29(18-16-27)24(30)19-26-11-13-28(14-12-26)23-10-6-5-9-22(23)25/h2-10,20H,11-19H2,1H3/t20-/m1/s1. The monoisotopic (exact) mass is 410 g/mol. The predicted octanol–water partition coefficient (Wildman–Crippen LogP) is 2.85. The molecule has 6 heteroatoms. The first-order chi connectivity index (χ1) is 14.6. The quantitative estimate of drug-likeness (QED) is 0.758. The van der Waals surface area contributed by atoms with Gasteiger partial charge >= 0.3 is 0 Å². The van der Waals surface area contributed by atoms with Gasteiger partial charge in [-0.3, -0.25) is 14.6 Å². The molecule has 0 aliphatic carbocycles. The van der Waals surface area contributed by atoms with Gasteiger partial charge in [0.05, 0.1) is 12.2 Å². The van der Waals surface area contributed by atoms with Crippen LogP contribution in [0.25, 0.3) is 0 Å². The molecule has 2 aromatic carbocycles. The first-order valence-corrected chi connectivity index (χ1v) is 10.9. The Bertz CT molecular complexity index is 830. The topological polar surface area (TPSA) is 30.0 Å². The smallest absolute Gasteiger partial charge is 0.236 e. The number of carbonyl (C=O) groups excluding carboxylic acids is 1. The van der Waals surface area contributed by atoms with Crippen molar-refractivity contribution in [2.75, 3.05) is 63.8 Å². The van der Waals surface area contributed by atoms with E-state index in [1.807, 2.05) is 23.1 Å². The van der Waals surface area contributed by atoms with Gasteiger partial charge in [0, 0.05) is 58.4 Å². The fraction of sp³-hybridized carbons (Fsp3) is 0.458. The molecule has 1 amide bonds. The summed E-state index contributed by atoms with van der Waals surface area (Å²) in [5.74, 6) is 0.0333. The fourth-order valence-corrected chi connectivity index (χ4v) is 4.45. The molecule has 0 N–H and O–H groups in total. The number of piperazine rings is 2. The van der Waals surface area contributed by atoms with Crippen molar-refractivity contribution in [2.45, 2.75) is 13.0 Å². The Hall–Kier alpha value is -2.44. The highest BCUT2D eigenvalue weighted by Gasteiger charge is 2.27. The molecule has 0 unspecified atom stereocenters. The summed E-state index contributed by atoms with van der Waals surface area (Å²) in [7, 11) is 0. The van der Waals surface area contributed by atoms with Gasteiger partial charge in [-0.15, -0.1) is 0 Å². The van der Waals surface area contributed by atoms with Gasteiger partial charge in [-0.05, 0) is 24.6 Å². The van der Waals surface area contributed by atoms with Crippen molar-refractivity contribution in [1.29, 1.82) is 0 Å². The van der Waals surface area contributed by atoms with Crippen LogP contribution in [-0.4, -0.2) is 79.5 Å². The summed E-state index contributed by atoms with van der Waals surface area (Å²) >= 11 is 0. The Morgan fingerprint density at radius 3 is 2.17 bits per heavy atom. The lowest BCUT2D eigenvalue weighted by Crippen LogP contribution is -2.54. The van der Waals surface area contributed by atoms with Crippen LogP contribution in [0.3, 0.4) is 0 Å². The number of hydrogen-bond donors (Lipinski definition) is 0. The molecule has 0 bridgehead atoms. The van der Waals surface area contributed by atoms with Crippen LogP contribution in [0.4, 0.5) is 10.1 Å². The molecule has 5 nitrogen and oxygen atoms in total. The summed E-state index contributed by atoms with van der Waals surface area (Å²) in [6.45, 7) is 9.13. The Morgan fingerprint density at radius 1 is 0.867 bits per heavy atom. The number of hydrogen-bond acceptors (Lipinski definition) is 4. The fourth-order valence-electron chi connectivity index (χ4n) is 4.45. The van der Waals surface area contributed by atoms with Gasteiger partial charge in [-0.2, -0.15) is 0 Å². The van der Waals surface area contributed by atoms with Crippen molar-refractivity contribution in [3.63, 3.8) is 0 Å². The maximum absolute atomic E-state index is 14.0.